The fourth-order valence-electron chi connectivity index (χ4n) is 3.92. The number of β-amino-alcohol motifs (C(OH)–C–C–N with tert-alkyl or cyclic N) is 1. The van der Waals surface area contributed by atoms with Gasteiger partial charge in [0, 0.05) is 28.5 Å². The molecule has 1 saturated heterocycles. The van der Waals surface area contributed by atoms with Gasteiger partial charge in [0.05, 0.1) is 29.2 Å². The Bertz CT molecular complexity index is 1030. The van der Waals surface area contributed by atoms with E-state index >= 15 is 0 Å². The van der Waals surface area contributed by atoms with E-state index in [1.54, 1.807) is 11.1 Å². The average molecular weight is 436 g/mol. The monoisotopic (exact) mass is 435 g/mol. The number of aliphatic hydroxyl groups is 1. The van der Waals surface area contributed by atoms with Crippen molar-refractivity contribution in [1.29, 1.82) is 0 Å². The molecule has 1 amide bonds. The summed E-state index contributed by atoms with van der Waals surface area (Å²) >= 11 is 12.4. The van der Waals surface area contributed by atoms with Gasteiger partial charge in [0.2, 0.25) is 0 Å². The molecule has 1 fully saturated rings. The van der Waals surface area contributed by atoms with Crippen molar-refractivity contribution in [2.24, 2.45) is 0 Å². The smallest absolute Gasteiger partial charge is 0.410 e. The van der Waals surface area contributed by atoms with Crippen molar-refractivity contribution in [2.75, 3.05) is 13.1 Å². The van der Waals surface area contributed by atoms with Crippen LogP contribution in [0.25, 0.3) is 21.9 Å². The van der Waals surface area contributed by atoms with Gasteiger partial charge in [-0.25, -0.2) is 9.78 Å². The van der Waals surface area contributed by atoms with Gasteiger partial charge in [0.25, 0.3) is 0 Å². The highest BCUT2D eigenvalue weighted by Gasteiger charge is 2.35. The number of fused-ring (bicyclic) bond motifs is 3. The molecule has 1 aromatic carbocycles. The number of rotatable bonds is 1. The second-order valence-electron chi connectivity index (χ2n) is 8.41. The summed E-state index contributed by atoms with van der Waals surface area (Å²) in [5, 5.41) is 13.9. The zero-order valence-corrected chi connectivity index (χ0v) is 18.0. The largest absolute Gasteiger partial charge is 0.444 e. The SMILES string of the molecule is CC(C)(C)OC(=O)N1CC[C@H](n2c3ccc(Cl)cc3c3cc(Cl)cnc32)[C@@H](O)C1. The van der Waals surface area contributed by atoms with Crippen LogP contribution in [0.5, 0.6) is 0 Å². The molecule has 3 aromatic rings. The molecule has 4 rings (SSSR count). The molecule has 6 nitrogen and oxygen atoms in total. The van der Waals surface area contributed by atoms with Gasteiger partial charge in [-0.3, -0.25) is 0 Å². The number of benzene rings is 1. The number of carbonyl (C=O) groups excluding carboxylic acids is 1. The Balaban J connectivity index is 1.71. The van der Waals surface area contributed by atoms with E-state index in [9.17, 15) is 9.90 Å². The van der Waals surface area contributed by atoms with Gasteiger partial charge >= 0.3 is 6.09 Å². The Morgan fingerprint density at radius 1 is 1.21 bits per heavy atom. The molecule has 3 heterocycles. The molecular weight excluding hydrogens is 413 g/mol. The average Bonchev–Trinajstić information content (AvgIpc) is 2.93. The minimum absolute atomic E-state index is 0.196. The summed E-state index contributed by atoms with van der Waals surface area (Å²) in [5.74, 6) is 0. The van der Waals surface area contributed by atoms with Crippen LogP contribution in [0, 0.1) is 0 Å². The molecule has 154 valence electrons. The lowest BCUT2D eigenvalue weighted by Gasteiger charge is -2.37. The number of halogens is 2. The molecule has 0 unspecified atom stereocenters. The molecule has 1 N–H and O–H groups in total. The molecule has 1 aliphatic heterocycles. The standard InChI is InChI=1S/C21H23Cl2N3O3/c1-21(2,3)29-20(28)25-7-6-17(18(27)11-25)26-16-5-4-12(22)8-14(16)15-9-13(23)10-24-19(15)26/h4-5,8-10,17-18,27H,6-7,11H2,1-3H3/t17-,18-/m0/s1. The van der Waals surface area contributed by atoms with Crippen LogP contribution in [0.4, 0.5) is 4.79 Å². The first-order valence-corrected chi connectivity index (χ1v) is 10.3. The number of aliphatic hydroxyl groups excluding tert-OH is 1. The topological polar surface area (TPSA) is 67.6 Å². The van der Waals surface area contributed by atoms with E-state index < -0.39 is 17.8 Å². The van der Waals surface area contributed by atoms with E-state index in [1.165, 1.54) is 0 Å². The summed E-state index contributed by atoms with van der Waals surface area (Å²) in [6, 6.07) is 7.27. The molecule has 8 heteroatoms. The number of carbonyl (C=O) groups is 1. The highest BCUT2D eigenvalue weighted by molar-refractivity contribution is 6.33. The summed E-state index contributed by atoms with van der Waals surface area (Å²) in [4.78, 5) is 18.5. The van der Waals surface area contributed by atoms with Crippen molar-refractivity contribution in [2.45, 2.75) is 44.9 Å². The number of piperidine rings is 1. The number of amides is 1. The van der Waals surface area contributed by atoms with E-state index in [2.05, 4.69) is 4.98 Å². The zero-order valence-electron chi connectivity index (χ0n) is 16.5. The van der Waals surface area contributed by atoms with Crippen LogP contribution < -0.4 is 0 Å². The molecule has 0 saturated carbocycles. The van der Waals surface area contributed by atoms with E-state index in [4.69, 9.17) is 27.9 Å². The normalized spacial score (nSPS) is 20.4. The van der Waals surface area contributed by atoms with Crippen molar-refractivity contribution >= 4 is 51.2 Å². The molecule has 2 aromatic heterocycles. The first kappa shape index (κ1) is 20.3. The molecular formula is C21H23Cl2N3O3. The Hall–Kier alpha value is -2.02. The van der Waals surface area contributed by atoms with E-state index in [0.717, 1.165) is 21.9 Å². The quantitative estimate of drug-likeness (QED) is 0.581. The predicted octanol–water partition coefficient (Wildman–Crippen LogP) is 5.04. The second kappa shape index (κ2) is 7.35. The lowest BCUT2D eigenvalue weighted by Crippen LogP contribution is -2.48. The van der Waals surface area contributed by atoms with Gasteiger partial charge in [-0.1, -0.05) is 23.2 Å². The lowest BCUT2D eigenvalue weighted by molar-refractivity contribution is -0.00886. The van der Waals surface area contributed by atoms with E-state index in [-0.39, 0.29) is 12.6 Å². The number of ether oxygens (including phenoxy) is 1. The third kappa shape index (κ3) is 3.89. The zero-order chi connectivity index (χ0) is 20.9. The van der Waals surface area contributed by atoms with Gasteiger partial charge in [-0.2, -0.15) is 0 Å². The number of nitrogens with zero attached hydrogens (tertiary/aromatic N) is 3. The highest BCUT2D eigenvalue weighted by atomic mass is 35.5. The molecule has 1 aliphatic rings. The number of aromatic nitrogens is 2. The van der Waals surface area contributed by atoms with Gasteiger partial charge in [-0.15, -0.1) is 0 Å². The Kier molecular flexibility index (Phi) is 5.13. The van der Waals surface area contributed by atoms with Crippen molar-refractivity contribution in [3.8, 4) is 0 Å². The van der Waals surface area contributed by atoms with Crippen molar-refractivity contribution in [3.05, 3.63) is 40.5 Å². The van der Waals surface area contributed by atoms with Crippen LogP contribution in [-0.2, 0) is 4.74 Å². The summed E-state index contributed by atoms with van der Waals surface area (Å²) in [6.07, 6.45) is 1.01. The molecule has 0 aliphatic carbocycles. The van der Waals surface area contributed by atoms with Crippen LogP contribution in [0.1, 0.15) is 33.2 Å². The molecule has 0 bridgehead atoms. The summed E-state index contributed by atoms with van der Waals surface area (Å²) in [6.45, 7) is 6.16. The van der Waals surface area contributed by atoms with E-state index in [0.29, 0.717) is 23.0 Å². The van der Waals surface area contributed by atoms with Crippen molar-refractivity contribution in [1.82, 2.24) is 14.5 Å². The maximum atomic E-state index is 12.4. The first-order valence-electron chi connectivity index (χ1n) is 9.55. The van der Waals surface area contributed by atoms with Crippen LogP contribution in [-0.4, -0.2) is 50.4 Å². The van der Waals surface area contributed by atoms with Gasteiger partial charge in [0.1, 0.15) is 11.2 Å². The molecule has 0 radical (unpaired) electrons. The van der Waals surface area contributed by atoms with Crippen LogP contribution in [0.15, 0.2) is 30.5 Å². The van der Waals surface area contributed by atoms with Crippen LogP contribution in [0.3, 0.4) is 0 Å². The van der Waals surface area contributed by atoms with Crippen molar-refractivity contribution < 1.29 is 14.6 Å². The molecule has 0 spiro atoms. The Labute approximate surface area is 179 Å². The number of likely N-dealkylation sites (tertiary alicyclic amines) is 1. The van der Waals surface area contributed by atoms with Crippen molar-refractivity contribution in [3.63, 3.8) is 0 Å². The third-order valence-electron chi connectivity index (χ3n) is 5.10. The van der Waals surface area contributed by atoms with Crippen LogP contribution in [0.2, 0.25) is 10.0 Å². The fraction of sp³-hybridized carbons (Fsp3) is 0.429. The minimum Gasteiger partial charge on any atom is -0.444 e. The Morgan fingerprint density at radius 2 is 1.93 bits per heavy atom. The fourth-order valence-corrected chi connectivity index (χ4v) is 4.25. The predicted molar refractivity (Wildman–Crippen MR) is 115 cm³/mol. The van der Waals surface area contributed by atoms with E-state index in [1.807, 2.05) is 49.6 Å². The van der Waals surface area contributed by atoms with Gasteiger partial charge < -0.3 is 19.3 Å². The lowest BCUT2D eigenvalue weighted by atomic mass is 10.0. The van der Waals surface area contributed by atoms with Gasteiger partial charge in [-0.05, 0) is 51.5 Å². The number of hydrogen-bond acceptors (Lipinski definition) is 4. The van der Waals surface area contributed by atoms with Crippen LogP contribution >= 0.6 is 23.2 Å². The summed E-state index contributed by atoms with van der Waals surface area (Å²) in [5.41, 5.74) is 1.09. The van der Waals surface area contributed by atoms with Gasteiger partial charge in [0.15, 0.2) is 0 Å². The summed E-state index contributed by atoms with van der Waals surface area (Å²) in [7, 11) is 0. The highest BCUT2D eigenvalue weighted by Crippen LogP contribution is 2.37. The maximum Gasteiger partial charge on any atom is 0.410 e. The second-order valence-corrected chi connectivity index (χ2v) is 9.28. The maximum absolute atomic E-state index is 12.4. The minimum atomic E-state index is -0.761. The Morgan fingerprint density at radius 3 is 2.62 bits per heavy atom. The third-order valence-corrected chi connectivity index (χ3v) is 5.54. The number of pyridine rings is 1. The molecule has 29 heavy (non-hydrogen) atoms. The first-order chi connectivity index (χ1) is 13.6. The summed E-state index contributed by atoms with van der Waals surface area (Å²) < 4.78 is 7.48. The number of hydrogen-bond donors (Lipinski definition) is 1. The molecule has 2 atom stereocenters.